The van der Waals surface area contributed by atoms with Crippen molar-refractivity contribution in [2.24, 2.45) is 0 Å². The van der Waals surface area contributed by atoms with Gasteiger partial charge in [0.15, 0.2) is 0 Å². The molecule has 0 bridgehead atoms. The van der Waals surface area contributed by atoms with Crippen molar-refractivity contribution in [3.63, 3.8) is 0 Å². The lowest BCUT2D eigenvalue weighted by atomic mass is 10.3. The molecule has 2 rings (SSSR count). The number of thiazole rings is 1. The number of nitrogens with zero attached hydrogens (tertiary/aromatic N) is 1. The van der Waals surface area contributed by atoms with Gasteiger partial charge in [-0.3, -0.25) is 0 Å². The molecule has 4 heteroatoms. The van der Waals surface area contributed by atoms with Gasteiger partial charge in [0.05, 0.1) is 16.3 Å². The lowest BCUT2D eigenvalue weighted by molar-refractivity contribution is 0.0759. The Morgan fingerprint density at radius 3 is 3.00 bits per heavy atom. The van der Waals surface area contributed by atoms with Crippen LogP contribution in [0.1, 0.15) is 18.9 Å². The van der Waals surface area contributed by atoms with E-state index in [9.17, 15) is 0 Å². The van der Waals surface area contributed by atoms with Crippen LogP contribution in [-0.2, 0) is 11.3 Å². The van der Waals surface area contributed by atoms with Gasteiger partial charge >= 0.3 is 0 Å². The van der Waals surface area contributed by atoms with Crippen molar-refractivity contribution in [2.45, 2.75) is 26.5 Å². The summed E-state index contributed by atoms with van der Waals surface area (Å²) < 4.78 is 6.71. The van der Waals surface area contributed by atoms with Gasteiger partial charge in [0, 0.05) is 19.7 Å². The Bertz CT molecular complexity index is 436. The predicted molar refractivity (Wildman–Crippen MR) is 72.4 cm³/mol. The highest BCUT2D eigenvalue weighted by atomic mass is 32.1. The molecule has 1 aromatic carbocycles. The van der Waals surface area contributed by atoms with E-state index in [1.54, 1.807) is 11.3 Å². The normalized spacial score (nSPS) is 13.1. The first-order valence-electron chi connectivity index (χ1n) is 5.96. The molecule has 0 saturated carbocycles. The summed E-state index contributed by atoms with van der Waals surface area (Å²) in [5.41, 5.74) is 1.09. The maximum Gasteiger partial charge on any atom is 0.108 e. The van der Waals surface area contributed by atoms with E-state index in [4.69, 9.17) is 4.74 Å². The molecule has 2 aromatic rings. The maximum absolute atomic E-state index is 5.46. The van der Waals surface area contributed by atoms with Crippen molar-refractivity contribution in [2.75, 3.05) is 13.2 Å². The van der Waals surface area contributed by atoms with Crippen LogP contribution in [0.15, 0.2) is 24.3 Å². The van der Waals surface area contributed by atoms with E-state index >= 15 is 0 Å². The summed E-state index contributed by atoms with van der Waals surface area (Å²) in [5.74, 6) is 0. The number of para-hydroxylation sites is 1. The zero-order valence-electron chi connectivity index (χ0n) is 10.3. The molecule has 1 atom stereocenters. The fourth-order valence-corrected chi connectivity index (χ4v) is 2.66. The summed E-state index contributed by atoms with van der Waals surface area (Å²) in [6.07, 6.45) is 0.259. The van der Waals surface area contributed by atoms with Crippen molar-refractivity contribution in [3.05, 3.63) is 29.3 Å². The van der Waals surface area contributed by atoms with Gasteiger partial charge in [-0.15, -0.1) is 11.3 Å². The standard InChI is InChI=1S/C13H18N2OS/c1-3-16-10(2)8-14-9-13-15-11-6-4-5-7-12(11)17-13/h4-7,10,14H,3,8-9H2,1-2H3. The molecule has 1 heterocycles. The number of ether oxygens (including phenoxy) is 1. The number of benzene rings is 1. The van der Waals surface area contributed by atoms with Crippen LogP contribution in [0.5, 0.6) is 0 Å². The zero-order valence-corrected chi connectivity index (χ0v) is 11.1. The van der Waals surface area contributed by atoms with Crippen molar-refractivity contribution in [3.8, 4) is 0 Å². The minimum atomic E-state index is 0.259. The smallest absolute Gasteiger partial charge is 0.108 e. The van der Waals surface area contributed by atoms with Gasteiger partial charge in [0.2, 0.25) is 0 Å². The molecule has 3 nitrogen and oxygen atoms in total. The van der Waals surface area contributed by atoms with Gasteiger partial charge in [0.25, 0.3) is 0 Å². The van der Waals surface area contributed by atoms with Crippen molar-refractivity contribution < 1.29 is 4.74 Å². The summed E-state index contributed by atoms with van der Waals surface area (Å²) in [5, 5.41) is 4.50. The van der Waals surface area contributed by atoms with Crippen LogP contribution in [0.4, 0.5) is 0 Å². The molecule has 0 radical (unpaired) electrons. The van der Waals surface area contributed by atoms with Gasteiger partial charge in [-0.1, -0.05) is 12.1 Å². The second kappa shape index (κ2) is 6.10. The van der Waals surface area contributed by atoms with Crippen LogP contribution in [-0.4, -0.2) is 24.2 Å². The monoisotopic (exact) mass is 250 g/mol. The minimum Gasteiger partial charge on any atom is -0.377 e. The molecule has 0 fully saturated rings. The summed E-state index contributed by atoms with van der Waals surface area (Å²) in [6, 6.07) is 8.24. The fraction of sp³-hybridized carbons (Fsp3) is 0.462. The summed E-state index contributed by atoms with van der Waals surface area (Å²) in [4.78, 5) is 4.57. The first-order valence-corrected chi connectivity index (χ1v) is 6.78. The van der Waals surface area contributed by atoms with Crippen LogP contribution in [0.2, 0.25) is 0 Å². The minimum absolute atomic E-state index is 0.259. The molecule has 0 saturated heterocycles. The molecule has 0 aliphatic rings. The average Bonchev–Trinajstić information content (AvgIpc) is 2.71. The number of hydrogen-bond donors (Lipinski definition) is 1. The number of rotatable bonds is 6. The van der Waals surface area contributed by atoms with Crippen LogP contribution in [0.3, 0.4) is 0 Å². The van der Waals surface area contributed by atoms with E-state index in [-0.39, 0.29) is 6.10 Å². The highest BCUT2D eigenvalue weighted by Gasteiger charge is 2.04. The van der Waals surface area contributed by atoms with Crippen molar-refractivity contribution >= 4 is 21.6 Å². The molecule has 0 amide bonds. The number of fused-ring (bicyclic) bond motifs is 1. The Morgan fingerprint density at radius 1 is 1.41 bits per heavy atom. The van der Waals surface area contributed by atoms with Gasteiger partial charge in [-0.25, -0.2) is 4.98 Å². The predicted octanol–water partition coefficient (Wildman–Crippen LogP) is 2.81. The molecule has 0 aliphatic carbocycles. The lowest BCUT2D eigenvalue weighted by Crippen LogP contribution is -2.26. The summed E-state index contributed by atoms with van der Waals surface area (Å²) >= 11 is 1.75. The van der Waals surface area contributed by atoms with E-state index in [1.807, 2.05) is 13.0 Å². The third-order valence-corrected chi connectivity index (χ3v) is 3.53. The zero-order chi connectivity index (χ0) is 12.1. The second-order valence-corrected chi connectivity index (χ2v) is 5.09. The van der Waals surface area contributed by atoms with Crippen LogP contribution in [0, 0.1) is 0 Å². The second-order valence-electron chi connectivity index (χ2n) is 3.97. The molecule has 1 unspecified atom stereocenters. The molecule has 0 spiro atoms. The first-order chi connectivity index (χ1) is 8.29. The SMILES string of the molecule is CCOC(C)CNCc1nc2ccccc2s1. The largest absolute Gasteiger partial charge is 0.377 e. The third-order valence-electron chi connectivity index (χ3n) is 2.50. The van der Waals surface area contributed by atoms with E-state index in [2.05, 4.69) is 35.4 Å². The van der Waals surface area contributed by atoms with Gasteiger partial charge < -0.3 is 10.1 Å². The summed E-state index contributed by atoms with van der Waals surface area (Å²) in [6.45, 7) is 6.55. The van der Waals surface area contributed by atoms with Crippen LogP contribution in [0.25, 0.3) is 10.2 Å². The quantitative estimate of drug-likeness (QED) is 0.856. The maximum atomic E-state index is 5.46. The molecule has 17 heavy (non-hydrogen) atoms. The highest BCUT2D eigenvalue weighted by molar-refractivity contribution is 7.18. The van der Waals surface area contributed by atoms with Crippen LogP contribution < -0.4 is 5.32 Å². The van der Waals surface area contributed by atoms with Gasteiger partial charge in [0.1, 0.15) is 5.01 Å². The Labute approximate surface area is 106 Å². The molecular weight excluding hydrogens is 232 g/mol. The first kappa shape index (κ1) is 12.5. The lowest BCUT2D eigenvalue weighted by Gasteiger charge is -2.11. The molecule has 1 N–H and O–H groups in total. The molecular formula is C13H18N2OS. The van der Waals surface area contributed by atoms with E-state index in [0.717, 1.165) is 30.2 Å². The number of aromatic nitrogens is 1. The topological polar surface area (TPSA) is 34.1 Å². The van der Waals surface area contributed by atoms with Crippen molar-refractivity contribution in [1.29, 1.82) is 0 Å². The van der Waals surface area contributed by atoms with Gasteiger partial charge in [-0.2, -0.15) is 0 Å². The molecule has 92 valence electrons. The summed E-state index contributed by atoms with van der Waals surface area (Å²) in [7, 11) is 0. The Balaban J connectivity index is 1.86. The number of hydrogen-bond acceptors (Lipinski definition) is 4. The average molecular weight is 250 g/mol. The highest BCUT2D eigenvalue weighted by Crippen LogP contribution is 2.21. The van der Waals surface area contributed by atoms with E-state index in [0.29, 0.717) is 0 Å². The Hall–Kier alpha value is -0.970. The number of nitrogens with one attached hydrogen (secondary N) is 1. The van der Waals surface area contributed by atoms with E-state index < -0.39 is 0 Å². The fourth-order valence-electron chi connectivity index (χ4n) is 1.72. The third kappa shape index (κ3) is 3.49. The Kier molecular flexibility index (Phi) is 4.48. The Morgan fingerprint density at radius 2 is 2.24 bits per heavy atom. The van der Waals surface area contributed by atoms with Crippen molar-refractivity contribution in [1.82, 2.24) is 10.3 Å². The van der Waals surface area contributed by atoms with Crippen LogP contribution >= 0.6 is 11.3 Å². The van der Waals surface area contributed by atoms with E-state index in [1.165, 1.54) is 4.70 Å². The molecule has 1 aromatic heterocycles. The van der Waals surface area contributed by atoms with Gasteiger partial charge in [-0.05, 0) is 26.0 Å². The molecule has 0 aliphatic heterocycles.